The van der Waals surface area contributed by atoms with Crippen LogP contribution in [0.3, 0.4) is 0 Å². The van der Waals surface area contributed by atoms with Crippen LogP contribution in [-0.2, 0) is 23.5 Å². The number of carboxylic acid groups (broad SMARTS) is 2. The number of hydrogen-bond acceptors (Lipinski definition) is 3. The van der Waals surface area contributed by atoms with Crippen LogP contribution in [0.1, 0.15) is 0 Å². The van der Waals surface area contributed by atoms with Gasteiger partial charge in [-0.2, -0.15) is 0 Å². The van der Waals surface area contributed by atoms with Crippen molar-refractivity contribution in [1.29, 1.82) is 0 Å². The van der Waals surface area contributed by atoms with Gasteiger partial charge in [0.25, 0.3) is 0 Å². The van der Waals surface area contributed by atoms with Crippen molar-refractivity contribution in [2.24, 2.45) is 0 Å². The van der Waals surface area contributed by atoms with E-state index in [0.717, 1.165) is 0 Å². The zero-order valence-corrected chi connectivity index (χ0v) is 4.46. The van der Waals surface area contributed by atoms with Crippen molar-refractivity contribution in [3.8, 4) is 0 Å². The molecule has 6 heteroatoms. The fourth-order valence-electron chi connectivity index (χ4n) is 0. The third kappa shape index (κ3) is 219. The van der Waals surface area contributed by atoms with E-state index in [9.17, 15) is 0 Å². The predicted molar refractivity (Wildman–Crippen MR) is 12.0 cm³/mol. The molecule has 0 saturated carbocycles. The summed E-state index contributed by atoms with van der Waals surface area (Å²) in [5, 5.41) is 13.9. The molecule has 0 unspecified atom stereocenters. The maximum atomic E-state index is 8.56. The SMILES string of the molecule is O=C(O)O.[O]=[V]=[O]. The van der Waals surface area contributed by atoms with Gasteiger partial charge in [0.2, 0.25) is 0 Å². The molecular weight excluding hydrogens is 143 g/mol. The normalized spacial score (nSPS) is 4.57. The first kappa shape index (κ1) is 9.68. The first-order chi connectivity index (χ1) is 3.15. The Bertz CT molecular complexity index is 76.1. The molecule has 0 atom stereocenters. The molecule has 0 aromatic carbocycles. The van der Waals surface area contributed by atoms with Crippen LogP contribution in [0, 0.1) is 0 Å². The average molecular weight is 145 g/mol. The summed E-state index contributed by atoms with van der Waals surface area (Å²) in [5.74, 6) is 0. The summed E-state index contributed by atoms with van der Waals surface area (Å²) in [6.07, 6.45) is -1.83. The van der Waals surface area contributed by atoms with Crippen molar-refractivity contribution in [1.82, 2.24) is 0 Å². The van der Waals surface area contributed by atoms with Crippen molar-refractivity contribution in [3.63, 3.8) is 0 Å². The standard InChI is InChI=1S/CH2O3.2O.V/c2-1(3)4;;;/h(H2,2,3,4);;;. The van der Waals surface area contributed by atoms with Crippen LogP contribution in [0.25, 0.3) is 0 Å². The van der Waals surface area contributed by atoms with Gasteiger partial charge in [0.05, 0.1) is 0 Å². The van der Waals surface area contributed by atoms with Gasteiger partial charge in [-0.25, -0.2) is 4.79 Å². The minimum atomic E-state index is -1.83. The van der Waals surface area contributed by atoms with E-state index in [2.05, 4.69) is 0 Å². The Balaban J connectivity index is 0. The van der Waals surface area contributed by atoms with Gasteiger partial charge in [0.15, 0.2) is 0 Å². The molecule has 0 aromatic heterocycles. The van der Waals surface area contributed by atoms with Crippen LogP contribution in [0.4, 0.5) is 4.79 Å². The Morgan fingerprint density at radius 1 is 1.29 bits per heavy atom. The van der Waals surface area contributed by atoms with Crippen LogP contribution < -0.4 is 0 Å². The Morgan fingerprint density at radius 2 is 1.29 bits per heavy atom. The van der Waals surface area contributed by atoms with E-state index in [1.54, 1.807) is 0 Å². The fraction of sp³-hybridized carbons (Fsp3) is 0. The minimum absolute atomic E-state index is 1.81. The molecule has 41 valence electrons. The maximum absolute atomic E-state index is 8.56. The summed E-state index contributed by atoms with van der Waals surface area (Å²) in [5.41, 5.74) is 0. The van der Waals surface area contributed by atoms with E-state index in [0.29, 0.717) is 0 Å². The van der Waals surface area contributed by atoms with Gasteiger partial charge < -0.3 is 10.2 Å². The van der Waals surface area contributed by atoms with Crippen LogP contribution in [0.2, 0.25) is 0 Å². The van der Waals surface area contributed by atoms with E-state index in [-0.39, 0.29) is 0 Å². The van der Waals surface area contributed by atoms with Crippen LogP contribution >= 0.6 is 0 Å². The first-order valence-electron chi connectivity index (χ1n) is 1.02. The van der Waals surface area contributed by atoms with Gasteiger partial charge in [-0.05, 0) is 0 Å². The molecule has 0 aliphatic rings. The third-order valence-corrected chi connectivity index (χ3v) is 0. The molecule has 0 aliphatic carbocycles. The third-order valence-electron chi connectivity index (χ3n) is 0. The predicted octanol–water partition coefficient (Wildman–Crippen LogP) is -0.0177. The molecule has 0 aromatic rings. The summed E-state index contributed by atoms with van der Waals surface area (Å²) in [7, 11) is 0. The monoisotopic (exact) mass is 145 g/mol. The van der Waals surface area contributed by atoms with Crippen molar-refractivity contribution in [2.45, 2.75) is 0 Å². The second kappa shape index (κ2) is 9.07. The molecule has 0 bridgehead atoms. The Kier molecular flexibility index (Phi) is 12.5. The summed E-state index contributed by atoms with van der Waals surface area (Å²) < 4.78 is 16.9. The average Bonchev–Trinajstić information content (AvgIpc) is 1.33. The Hall–Kier alpha value is -0.546. The molecule has 2 N–H and O–H groups in total. The molecule has 0 spiro atoms. The molecular formula is CH2O5V. The van der Waals surface area contributed by atoms with E-state index >= 15 is 0 Å². The van der Waals surface area contributed by atoms with Crippen molar-refractivity contribution >= 4 is 6.16 Å². The molecule has 0 heterocycles. The fourth-order valence-corrected chi connectivity index (χ4v) is 0. The van der Waals surface area contributed by atoms with E-state index in [1.807, 2.05) is 0 Å². The Morgan fingerprint density at radius 3 is 1.29 bits per heavy atom. The Labute approximate surface area is 45.5 Å². The van der Waals surface area contributed by atoms with Gasteiger partial charge in [-0.1, -0.05) is 0 Å². The van der Waals surface area contributed by atoms with Gasteiger partial charge in [0.1, 0.15) is 0 Å². The quantitative estimate of drug-likeness (QED) is 0.499. The molecule has 7 heavy (non-hydrogen) atoms. The number of hydrogen-bond donors (Lipinski definition) is 2. The second-order valence-electron chi connectivity index (χ2n) is 0.357. The molecule has 0 rings (SSSR count). The summed E-state index contributed by atoms with van der Waals surface area (Å²) >= 11 is -1.81. The second-order valence-corrected chi connectivity index (χ2v) is 0.590. The van der Waals surface area contributed by atoms with Crippen LogP contribution in [0.15, 0.2) is 0 Å². The number of carbonyl (C=O) groups is 1. The number of rotatable bonds is 0. The molecule has 0 amide bonds. The molecule has 0 fully saturated rings. The summed E-state index contributed by atoms with van der Waals surface area (Å²) in [4.78, 5) is 8.56. The zero-order valence-electron chi connectivity index (χ0n) is 3.07. The van der Waals surface area contributed by atoms with E-state index < -0.39 is 22.3 Å². The van der Waals surface area contributed by atoms with E-state index in [4.69, 9.17) is 22.4 Å². The van der Waals surface area contributed by atoms with Gasteiger partial charge >= 0.3 is 29.7 Å². The van der Waals surface area contributed by atoms with Crippen LogP contribution in [-0.4, -0.2) is 16.4 Å². The van der Waals surface area contributed by atoms with E-state index in [1.165, 1.54) is 0 Å². The topological polar surface area (TPSA) is 91.7 Å². The van der Waals surface area contributed by atoms with Gasteiger partial charge in [0, 0.05) is 0 Å². The van der Waals surface area contributed by atoms with Gasteiger partial charge in [-0.15, -0.1) is 0 Å². The van der Waals surface area contributed by atoms with Gasteiger partial charge in [-0.3, -0.25) is 0 Å². The molecule has 0 aliphatic heterocycles. The summed E-state index contributed by atoms with van der Waals surface area (Å²) in [6, 6.07) is 0. The molecule has 5 nitrogen and oxygen atoms in total. The van der Waals surface area contributed by atoms with Crippen LogP contribution in [0.5, 0.6) is 0 Å². The zero-order chi connectivity index (χ0) is 6.28. The van der Waals surface area contributed by atoms with Crippen molar-refractivity contribution < 1.29 is 38.5 Å². The first-order valence-corrected chi connectivity index (χ1v) is 2.16. The summed E-state index contributed by atoms with van der Waals surface area (Å²) in [6.45, 7) is 0. The van der Waals surface area contributed by atoms with Crippen molar-refractivity contribution in [3.05, 3.63) is 0 Å². The molecule has 0 radical (unpaired) electrons. The van der Waals surface area contributed by atoms with Crippen molar-refractivity contribution in [2.75, 3.05) is 0 Å². The molecule has 0 saturated heterocycles.